The molecule has 0 aliphatic carbocycles. The van der Waals surface area contributed by atoms with E-state index >= 15 is 0 Å². The first-order chi connectivity index (χ1) is 10.0. The van der Waals surface area contributed by atoms with Crippen LogP contribution in [0.15, 0.2) is 36.4 Å². The molecule has 1 unspecified atom stereocenters. The quantitative estimate of drug-likeness (QED) is 0.894. The van der Waals surface area contributed by atoms with E-state index in [1.165, 1.54) is 17.2 Å². The van der Waals surface area contributed by atoms with Crippen molar-refractivity contribution in [2.24, 2.45) is 0 Å². The zero-order chi connectivity index (χ0) is 15.4. The number of benzene rings is 2. The van der Waals surface area contributed by atoms with Crippen LogP contribution in [0.2, 0.25) is 0 Å². The molecular weight excluding hydrogens is 265 g/mol. The maximum absolute atomic E-state index is 13.7. The highest BCUT2D eigenvalue weighted by Crippen LogP contribution is 2.22. The van der Waals surface area contributed by atoms with Crippen LogP contribution in [0.4, 0.5) is 4.39 Å². The molecule has 0 fully saturated rings. The minimum Gasteiger partial charge on any atom is -0.489 e. The van der Waals surface area contributed by atoms with E-state index in [9.17, 15) is 4.39 Å². The van der Waals surface area contributed by atoms with E-state index in [1.54, 1.807) is 12.1 Å². The predicted octanol–water partition coefficient (Wildman–Crippen LogP) is 4.09. The van der Waals surface area contributed by atoms with Crippen molar-refractivity contribution in [2.75, 3.05) is 13.7 Å². The highest BCUT2D eigenvalue weighted by atomic mass is 19.1. The second-order valence-electron chi connectivity index (χ2n) is 5.43. The minimum atomic E-state index is -0.324. The Morgan fingerprint density at radius 2 is 1.81 bits per heavy atom. The molecule has 0 radical (unpaired) electrons. The van der Waals surface area contributed by atoms with E-state index < -0.39 is 0 Å². The van der Waals surface area contributed by atoms with Gasteiger partial charge in [0.05, 0.1) is 6.04 Å². The summed E-state index contributed by atoms with van der Waals surface area (Å²) in [4.78, 5) is 0. The van der Waals surface area contributed by atoms with Crippen LogP contribution in [0.1, 0.15) is 28.3 Å². The number of nitrogens with one attached hydrogen (secondary N) is 1. The number of halogens is 1. The summed E-state index contributed by atoms with van der Waals surface area (Å²) >= 11 is 0. The largest absolute Gasteiger partial charge is 0.489 e. The van der Waals surface area contributed by atoms with Gasteiger partial charge in [-0.05, 0) is 62.2 Å². The summed E-state index contributed by atoms with van der Waals surface area (Å²) in [6, 6.07) is 11.3. The second kappa shape index (κ2) is 6.72. The molecule has 2 aromatic rings. The van der Waals surface area contributed by atoms with Crippen LogP contribution in [0.5, 0.6) is 5.75 Å². The molecule has 112 valence electrons. The molecular formula is C18H22FNO. The number of likely N-dealkylation sites (N-methyl/N-ethyl adjacent to an activating group) is 1. The molecule has 0 heterocycles. The third-order valence-electron chi connectivity index (χ3n) is 3.77. The third kappa shape index (κ3) is 3.82. The molecule has 0 aromatic heterocycles. The molecule has 0 amide bonds. The maximum Gasteiger partial charge on any atom is 0.165 e. The lowest BCUT2D eigenvalue weighted by Crippen LogP contribution is -2.23. The molecule has 0 spiro atoms. The summed E-state index contributed by atoms with van der Waals surface area (Å²) in [7, 11) is 1.88. The second-order valence-corrected chi connectivity index (χ2v) is 5.43. The van der Waals surface area contributed by atoms with Gasteiger partial charge in [0, 0.05) is 0 Å². The van der Waals surface area contributed by atoms with Gasteiger partial charge in [0.25, 0.3) is 0 Å². The monoisotopic (exact) mass is 287 g/mol. The topological polar surface area (TPSA) is 21.3 Å². The molecule has 1 N–H and O–H groups in total. The Hall–Kier alpha value is -1.87. The van der Waals surface area contributed by atoms with E-state index in [0.717, 1.165) is 11.1 Å². The average molecular weight is 287 g/mol. The zero-order valence-electron chi connectivity index (χ0n) is 13.0. The first kappa shape index (κ1) is 15.5. The van der Waals surface area contributed by atoms with Crippen LogP contribution in [0.25, 0.3) is 0 Å². The van der Waals surface area contributed by atoms with Crippen LogP contribution in [0, 0.1) is 26.6 Å². The van der Waals surface area contributed by atoms with Crippen LogP contribution in [-0.4, -0.2) is 13.7 Å². The SMILES string of the molecule is CNC(COc1cc(C)ccc1F)c1ccc(C)c(C)c1. The van der Waals surface area contributed by atoms with Crippen LogP contribution in [-0.2, 0) is 0 Å². The third-order valence-corrected chi connectivity index (χ3v) is 3.77. The van der Waals surface area contributed by atoms with Crippen molar-refractivity contribution < 1.29 is 9.13 Å². The molecule has 1 atom stereocenters. The van der Waals surface area contributed by atoms with Gasteiger partial charge >= 0.3 is 0 Å². The van der Waals surface area contributed by atoms with Gasteiger partial charge < -0.3 is 10.1 Å². The van der Waals surface area contributed by atoms with E-state index in [4.69, 9.17) is 4.74 Å². The van der Waals surface area contributed by atoms with Crippen molar-refractivity contribution in [3.8, 4) is 5.75 Å². The van der Waals surface area contributed by atoms with Crippen molar-refractivity contribution in [2.45, 2.75) is 26.8 Å². The van der Waals surface area contributed by atoms with Gasteiger partial charge in [-0.1, -0.05) is 24.3 Å². The van der Waals surface area contributed by atoms with E-state index in [2.05, 4.69) is 37.4 Å². The van der Waals surface area contributed by atoms with Crippen LogP contribution in [0.3, 0.4) is 0 Å². The molecule has 0 aliphatic heterocycles. The van der Waals surface area contributed by atoms with Gasteiger partial charge in [0.2, 0.25) is 0 Å². The molecule has 2 rings (SSSR count). The van der Waals surface area contributed by atoms with Gasteiger partial charge in [0.1, 0.15) is 6.61 Å². The van der Waals surface area contributed by atoms with Crippen molar-refractivity contribution in [1.82, 2.24) is 5.32 Å². The summed E-state index contributed by atoms with van der Waals surface area (Å²) in [6.45, 7) is 6.49. The molecule has 21 heavy (non-hydrogen) atoms. The summed E-state index contributed by atoms with van der Waals surface area (Å²) in [5.74, 6) is -0.0189. The fourth-order valence-electron chi connectivity index (χ4n) is 2.22. The van der Waals surface area contributed by atoms with Gasteiger partial charge in [0.15, 0.2) is 11.6 Å². The summed E-state index contributed by atoms with van der Waals surface area (Å²) < 4.78 is 19.4. The highest BCUT2D eigenvalue weighted by molar-refractivity contribution is 5.32. The van der Waals surface area contributed by atoms with E-state index in [1.807, 2.05) is 14.0 Å². The normalized spacial score (nSPS) is 12.2. The van der Waals surface area contributed by atoms with Gasteiger partial charge in [-0.15, -0.1) is 0 Å². The number of hydrogen-bond acceptors (Lipinski definition) is 2. The van der Waals surface area contributed by atoms with Crippen LogP contribution >= 0.6 is 0 Å². The Morgan fingerprint density at radius 3 is 2.48 bits per heavy atom. The molecule has 3 heteroatoms. The highest BCUT2D eigenvalue weighted by Gasteiger charge is 2.12. The first-order valence-corrected chi connectivity index (χ1v) is 7.14. The molecule has 2 aromatic carbocycles. The van der Waals surface area contributed by atoms with Gasteiger partial charge in [-0.3, -0.25) is 0 Å². The fourth-order valence-corrected chi connectivity index (χ4v) is 2.22. The maximum atomic E-state index is 13.7. The minimum absolute atomic E-state index is 0.0317. The smallest absolute Gasteiger partial charge is 0.165 e. The van der Waals surface area contributed by atoms with Gasteiger partial charge in [-0.25, -0.2) is 4.39 Å². The molecule has 2 nitrogen and oxygen atoms in total. The van der Waals surface area contributed by atoms with Crippen molar-refractivity contribution in [1.29, 1.82) is 0 Å². The van der Waals surface area contributed by atoms with Crippen molar-refractivity contribution in [3.05, 3.63) is 64.5 Å². The lowest BCUT2D eigenvalue weighted by Gasteiger charge is -2.19. The number of rotatable bonds is 5. The standard InChI is InChI=1S/C18H22FNO/c1-12-5-8-16(19)18(9-12)21-11-17(20-4)15-7-6-13(2)14(3)10-15/h5-10,17,20H,11H2,1-4H3. The lowest BCUT2D eigenvalue weighted by atomic mass is 10.0. The summed E-state index contributed by atoms with van der Waals surface area (Å²) in [5, 5.41) is 3.22. The first-order valence-electron chi connectivity index (χ1n) is 7.14. The molecule has 0 bridgehead atoms. The number of aryl methyl sites for hydroxylation is 3. The number of ether oxygens (including phenoxy) is 1. The van der Waals surface area contributed by atoms with Crippen molar-refractivity contribution in [3.63, 3.8) is 0 Å². The van der Waals surface area contributed by atoms with Gasteiger partial charge in [-0.2, -0.15) is 0 Å². The Labute approximate surface area is 126 Å². The molecule has 0 saturated carbocycles. The zero-order valence-corrected chi connectivity index (χ0v) is 13.0. The Morgan fingerprint density at radius 1 is 1.05 bits per heavy atom. The predicted molar refractivity (Wildman–Crippen MR) is 84.3 cm³/mol. The summed E-state index contributed by atoms with van der Waals surface area (Å²) in [5.41, 5.74) is 4.64. The molecule has 0 saturated heterocycles. The Balaban J connectivity index is 2.12. The summed E-state index contributed by atoms with van der Waals surface area (Å²) in [6.07, 6.45) is 0. The van der Waals surface area contributed by atoms with Crippen molar-refractivity contribution >= 4 is 0 Å². The van der Waals surface area contributed by atoms with E-state index in [-0.39, 0.29) is 11.9 Å². The number of hydrogen-bond donors (Lipinski definition) is 1. The Bertz CT molecular complexity index is 625. The van der Waals surface area contributed by atoms with Crippen LogP contribution < -0.4 is 10.1 Å². The Kier molecular flexibility index (Phi) is 4.97. The average Bonchev–Trinajstić information content (AvgIpc) is 2.46. The molecule has 0 aliphatic rings. The fraction of sp³-hybridized carbons (Fsp3) is 0.333. The lowest BCUT2D eigenvalue weighted by molar-refractivity contribution is 0.261. The van der Waals surface area contributed by atoms with E-state index in [0.29, 0.717) is 12.4 Å².